The van der Waals surface area contributed by atoms with E-state index in [1.165, 1.54) is 18.2 Å². The number of rotatable bonds is 3. The van der Waals surface area contributed by atoms with Crippen LogP contribution in [-0.4, -0.2) is 20.7 Å². The summed E-state index contributed by atoms with van der Waals surface area (Å²) in [5.74, 6) is -0.0171. The number of nitro groups is 1. The number of hydrazone groups is 1. The molecule has 21 heavy (non-hydrogen) atoms. The van der Waals surface area contributed by atoms with Crippen molar-refractivity contribution in [3.05, 3.63) is 64.0 Å². The van der Waals surface area contributed by atoms with E-state index in [4.69, 9.17) is 0 Å². The van der Waals surface area contributed by atoms with E-state index in [0.29, 0.717) is 17.7 Å². The van der Waals surface area contributed by atoms with E-state index in [-0.39, 0.29) is 17.5 Å². The average Bonchev–Trinajstić information content (AvgIpc) is 2.98. The van der Waals surface area contributed by atoms with E-state index in [2.05, 4.69) is 15.5 Å². The van der Waals surface area contributed by atoms with Crippen molar-refractivity contribution in [2.45, 2.75) is 12.5 Å². The molecule has 7 nitrogen and oxygen atoms in total. The Morgan fingerprint density at radius 2 is 2.05 bits per heavy atom. The number of benzene rings is 1. The molecule has 1 atom stereocenters. The number of non-ortho nitro benzene ring substituents is 1. The monoisotopic (exact) mass is 284 g/mol. The van der Waals surface area contributed by atoms with Gasteiger partial charge in [0.25, 0.3) is 5.69 Å². The van der Waals surface area contributed by atoms with Crippen molar-refractivity contribution < 1.29 is 10.0 Å². The molecular formula is C14H12N4O3. The van der Waals surface area contributed by atoms with Gasteiger partial charge in [-0.25, -0.2) is 0 Å². The number of phenolic OH excluding ortho intramolecular Hbond substituents is 1. The van der Waals surface area contributed by atoms with Crippen molar-refractivity contribution in [2.75, 3.05) is 0 Å². The summed E-state index contributed by atoms with van der Waals surface area (Å²) in [6.07, 6.45) is 3.93. The highest BCUT2D eigenvalue weighted by Crippen LogP contribution is 2.30. The summed E-state index contributed by atoms with van der Waals surface area (Å²) in [6.45, 7) is 0. The largest absolute Gasteiger partial charge is 0.507 e. The van der Waals surface area contributed by atoms with Gasteiger partial charge in [0.15, 0.2) is 0 Å². The summed E-state index contributed by atoms with van der Waals surface area (Å²) in [4.78, 5) is 14.3. The number of nitrogens with one attached hydrogen (secondary N) is 1. The first-order valence-corrected chi connectivity index (χ1v) is 6.35. The zero-order valence-electron chi connectivity index (χ0n) is 10.9. The zero-order chi connectivity index (χ0) is 14.8. The standard InChI is InChI=1S/C14H12N4O3/c19-14-2-1-10(18(20)21)7-11(14)13-8-12(16-17-13)9-3-5-15-6-4-9/h1-7,12,16,19H,8H2/t12-/m1/s1. The molecule has 3 rings (SSSR count). The topological polar surface area (TPSA) is 101 Å². The SMILES string of the molecule is O=[N+]([O-])c1ccc(O)c(C2=NN[C@@H](c3ccncc3)C2)c1. The number of nitro benzene ring substituents is 1. The molecular weight excluding hydrogens is 272 g/mol. The molecule has 0 saturated heterocycles. The lowest BCUT2D eigenvalue weighted by Gasteiger charge is -2.09. The Morgan fingerprint density at radius 3 is 2.76 bits per heavy atom. The molecule has 0 spiro atoms. The van der Waals surface area contributed by atoms with Gasteiger partial charge in [-0.1, -0.05) is 0 Å². The normalized spacial score (nSPS) is 17.1. The van der Waals surface area contributed by atoms with Gasteiger partial charge in [-0.2, -0.15) is 5.10 Å². The minimum Gasteiger partial charge on any atom is -0.507 e. The Morgan fingerprint density at radius 1 is 1.29 bits per heavy atom. The maximum Gasteiger partial charge on any atom is 0.270 e. The third-order valence-corrected chi connectivity index (χ3v) is 3.36. The second kappa shape index (κ2) is 5.20. The molecule has 1 aromatic carbocycles. The molecule has 106 valence electrons. The first-order valence-electron chi connectivity index (χ1n) is 6.35. The Kier molecular flexibility index (Phi) is 3.23. The minimum absolute atomic E-state index is 0.0171. The quantitative estimate of drug-likeness (QED) is 0.664. The zero-order valence-corrected chi connectivity index (χ0v) is 10.9. The summed E-state index contributed by atoms with van der Waals surface area (Å²) in [5.41, 5.74) is 4.91. The molecule has 0 fully saturated rings. The van der Waals surface area contributed by atoms with E-state index in [9.17, 15) is 15.2 Å². The van der Waals surface area contributed by atoms with Crippen molar-refractivity contribution in [1.82, 2.24) is 10.4 Å². The van der Waals surface area contributed by atoms with Crippen LogP contribution in [0.3, 0.4) is 0 Å². The maximum atomic E-state index is 10.8. The van der Waals surface area contributed by atoms with E-state index in [1.54, 1.807) is 12.4 Å². The number of hydrogen-bond donors (Lipinski definition) is 2. The molecule has 0 saturated carbocycles. The highest BCUT2D eigenvalue weighted by molar-refractivity contribution is 6.04. The summed E-state index contributed by atoms with van der Waals surface area (Å²) in [7, 11) is 0. The number of aromatic nitrogens is 1. The first kappa shape index (κ1) is 13.0. The summed E-state index contributed by atoms with van der Waals surface area (Å²) in [5, 5.41) is 24.9. The van der Waals surface area contributed by atoms with Crippen molar-refractivity contribution in [1.29, 1.82) is 0 Å². The molecule has 7 heteroatoms. The molecule has 0 unspecified atom stereocenters. The molecule has 0 amide bonds. The van der Waals surface area contributed by atoms with Crippen molar-refractivity contribution in [2.24, 2.45) is 5.10 Å². The molecule has 1 aliphatic rings. The third kappa shape index (κ3) is 2.53. The lowest BCUT2D eigenvalue weighted by atomic mass is 9.99. The van der Waals surface area contributed by atoms with E-state index in [1.807, 2.05) is 12.1 Å². The Bertz CT molecular complexity index is 715. The van der Waals surface area contributed by atoms with Gasteiger partial charge in [0.1, 0.15) is 5.75 Å². The van der Waals surface area contributed by atoms with Crippen LogP contribution in [0.1, 0.15) is 23.6 Å². The van der Waals surface area contributed by atoms with Crippen LogP contribution in [0, 0.1) is 10.1 Å². The second-order valence-corrected chi connectivity index (χ2v) is 4.68. The van der Waals surface area contributed by atoms with Gasteiger partial charge in [0, 0.05) is 36.5 Å². The van der Waals surface area contributed by atoms with Gasteiger partial charge < -0.3 is 10.5 Å². The molecule has 2 aromatic rings. The first-order chi connectivity index (χ1) is 10.1. The van der Waals surface area contributed by atoms with Gasteiger partial charge in [0.2, 0.25) is 0 Å². The Balaban J connectivity index is 1.86. The fourth-order valence-corrected chi connectivity index (χ4v) is 2.27. The number of pyridine rings is 1. The van der Waals surface area contributed by atoms with Crippen LogP contribution in [0.2, 0.25) is 0 Å². The van der Waals surface area contributed by atoms with Crippen LogP contribution in [0.15, 0.2) is 47.8 Å². The molecule has 1 aliphatic heterocycles. The van der Waals surface area contributed by atoms with Crippen molar-refractivity contribution in [3.63, 3.8) is 0 Å². The third-order valence-electron chi connectivity index (χ3n) is 3.36. The van der Waals surface area contributed by atoms with Gasteiger partial charge >= 0.3 is 0 Å². The van der Waals surface area contributed by atoms with Crippen LogP contribution in [0.25, 0.3) is 0 Å². The molecule has 2 heterocycles. The second-order valence-electron chi connectivity index (χ2n) is 4.68. The lowest BCUT2D eigenvalue weighted by Crippen LogP contribution is -2.09. The fraction of sp³-hybridized carbons (Fsp3) is 0.143. The number of nitrogens with zero attached hydrogens (tertiary/aromatic N) is 3. The predicted molar refractivity (Wildman–Crippen MR) is 76.0 cm³/mol. The highest BCUT2D eigenvalue weighted by atomic mass is 16.6. The molecule has 2 N–H and O–H groups in total. The summed E-state index contributed by atoms with van der Waals surface area (Å²) < 4.78 is 0. The molecule has 0 bridgehead atoms. The van der Waals surface area contributed by atoms with Crippen LogP contribution < -0.4 is 5.43 Å². The van der Waals surface area contributed by atoms with Crippen LogP contribution >= 0.6 is 0 Å². The molecule has 0 aliphatic carbocycles. The minimum atomic E-state index is -0.494. The smallest absolute Gasteiger partial charge is 0.270 e. The van der Waals surface area contributed by atoms with Crippen molar-refractivity contribution in [3.8, 4) is 5.75 Å². The maximum absolute atomic E-state index is 10.8. The van der Waals surface area contributed by atoms with Gasteiger partial charge in [-0.05, 0) is 23.8 Å². The number of phenols is 1. The van der Waals surface area contributed by atoms with Crippen LogP contribution in [0.4, 0.5) is 5.69 Å². The van der Waals surface area contributed by atoms with Crippen LogP contribution in [-0.2, 0) is 0 Å². The number of hydrogen-bond acceptors (Lipinski definition) is 6. The lowest BCUT2D eigenvalue weighted by molar-refractivity contribution is -0.384. The molecule has 0 radical (unpaired) electrons. The fourth-order valence-electron chi connectivity index (χ4n) is 2.27. The van der Waals surface area contributed by atoms with E-state index in [0.717, 1.165) is 5.56 Å². The van der Waals surface area contributed by atoms with Crippen LogP contribution in [0.5, 0.6) is 5.75 Å². The van der Waals surface area contributed by atoms with E-state index >= 15 is 0 Å². The Hall–Kier alpha value is -2.96. The summed E-state index contributed by atoms with van der Waals surface area (Å²) in [6, 6.07) is 7.65. The summed E-state index contributed by atoms with van der Waals surface area (Å²) >= 11 is 0. The number of aromatic hydroxyl groups is 1. The van der Waals surface area contributed by atoms with Crippen molar-refractivity contribution >= 4 is 11.4 Å². The average molecular weight is 284 g/mol. The molecule has 1 aromatic heterocycles. The Labute approximate surface area is 120 Å². The van der Waals surface area contributed by atoms with Gasteiger partial charge in [-0.15, -0.1) is 0 Å². The predicted octanol–water partition coefficient (Wildman–Crippen LogP) is 2.13. The van der Waals surface area contributed by atoms with E-state index < -0.39 is 4.92 Å². The van der Waals surface area contributed by atoms with Gasteiger partial charge in [-0.3, -0.25) is 15.1 Å². The van der Waals surface area contributed by atoms with Gasteiger partial charge in [0.05, 0.1) is 16.7 Å². The highest BCUT2D eigenvalue weighted by Gasteiger charge is 2.24.